The van der Waals surface area contributed by atoms with E-state index in [0.29, 0.717) is 16.1 Å². The number of aromatic nitrogens is 1. The minimum atomic E-state index is -0.338. The molecule has 0 aliphatic rings. The summed E-state index contributed by atoms with van der Waals surface area (Å²) < 4.78 is 15.7. The smallest absolute Gasteiger partial charge is 0.267 e. The van der Waals surface area contributed by atoms with Crippen molar-refractivity contribution in [1.29, 1.82) is 0 Å². The highest BCUT2D eigenvalue weighted by atomic mass is 32.1. The number of nitrogens with zero attached hydrogens (tertiary/aromatic N) is 1. The Kier molecular flexibility index (Phi) is 4.60. The third-order valence-corrected chi connectivity index (χ3v) is 5.32. The van der Waals surface area contributed by atoms with Crippen LogP contribution in [0.2, 0.25) is 0 Å². The van der Waals surface area contributed by atoms with Gasteiger partial charge in [0, 0.05) is 29.0 Å². The van der Waals surface area contributed by atoms with Gasteiger partial charge in [-0.2, -0.15) is 0 Å². The Labute approximate surface area is 160 Å². The number of halogens is 1. The SMILES string of the molecule is Cc1ccc(NC(=O)c2scc(-c3ccccc3)c2-n2cccc2)cc1F. The molecular formula is C22H17FN2OS. The molecule has 2 aromatic heterocycles. The van der Waals surface area contributed by atoms with E-state index in [2.05, 4.69) is 5.32 Å². The Morgan fingerprint density at radius 1 is 1.04 bits per heavy atom. The number of benzene rings is 2. The third kappa shape index (κ3) is 3.41. The van der Waals surface area contributed by atoms with Crippen molar-refractivity contribution in [2.24, 2.45) is 0 Å². The van der Waals surface area contributed by atoms with Crippen LogP contribution >= 0.6 is 11.3 Å². The number of anilines is 1. The van der Waals surface area contributed by atoms with Gasteiger partial charge in [-0.3, -0.25) is 4.79 Å². The maximum Gasteiger partial charge on any atom is 0.267 e. The lowest BCUT2D eigenvalue weighted by molar-refractivity contribution is 0.103. The summed E-state index contributed by atoms with van der Waals surface area (Å²) in [7, 11) is 0. The van der Waals surface area contributed by atoms with Gasteiger partial charge in [0.05, 0.1) is 5.69 Å². The molecular weight excluding hydrogens is 359 g/mol. The maximum atomic E-state index is 13.8. The summed E-state index contributed by atoms with van der Waals surface area (Å²) in [6.45, 7) is 1.69. The predicted octanol–water partition coefficient (Wildman–Crippen LogP) is 5.91. The van der Waals surface area contributed by atoms with E-state index < -0.39 is 0 Å². The quantitative estimate of drug-likeness (QED) is 0.472. The van der Waals surface area contributed by atoms with Gasteiger partial charge in [0.15, 0.2) is 0 Å². The number of thiophene rings is 1. The van der Waals surface area contributed by atoms with E-state index in [1.807, 2.05) is 64.8 Å². The Hall–Kier alpha value is -3.18. The lowest BCUT2D eigenvalue weighted by Crippen LogP contribution is -2.13. The van der Waals surface area contributed by atoms with Crippen LogP contribution in [0.4, 0.5) is 10.1 Å². The van der Waals surface area contributed by atoms with Crippen molar-refractivity contribution in [1.82, 2.24) is 4.57 Å². The number of rotatable bonds is 4. The molecule has 0 saturated carbocycles. The number of aryl methyl sites for hydroxylation is 1. The summed E-state index contributed by atoms with van der Waals surface area (Å²) in [5, 5.41) is 4.79. The predicted molar refractivity (Wildman–Crippen MR) is 108 cm³/mol. The lowest BCUT2D eigenvalue weighted by Gasteiger charge is -2.10. The fourth-order valence-corrected chi connectivity index (χ4v) is 3.90. The number of carbonyl (C=O) groups is 1. The molecule has 2 aromatic carbocycles. The molecule has 5 heteroatoms. The van der Waals surface area contributed by atoms with E-state index in [-0.39, 0.29) is 11.7 Å². The zero-order valence-corrected chi connectivity index (χ0v) is 15.5. The Bertz CT molecular complexity index is 1080. The molecule has 4 aromatic rings. The van der Waals surface area contributed by atoms with Crippen LogP contribution in [-0.2, 0) is 0 Å². The van der Waals surface area contributed by atoms with E-state index in [4.69, 9.17) is 0 Å². The largest absolute Gasteiger partial charge is 0.322 e. The second kappa shape index (κ2) is 7.21. The van der Waals surface area contributed by atoms with Crippen molar-refractivity contribution in [3.8, 4) is 16.8 Å². The molecule has 0 aliphatic carbocycles. The van der Waals surface area contributed by atoms with Crippen LogP contribution in [0.15, 0.2) is 78.4 Å². The highest BCUT2D eigenvalue weighted by molar-refractivity contribution is 7.13. The summed E-state index contributed by atoms with van der Waals surface area (Å²) in [6.07, 6.45) is 3.83. The zero-order chi connectivity index (χ0) is 18.8. The molecule has 0 saturated heterocycles. The molecule has 3 nitrogen and oxygen atoms in total. The average molecular weight is 376 g/mol. The Morgan fingerprint density at radius 2 is 1.78 bits per heavy atom. The van der Waals surface area contributed by atoms with Crippen molar-refractivity contribution >= 4 is 22.9 Å². The molecule has 134 valence electrons. The summed E-state index contributed by atoms with van der Waals surface area (Å²) in [4.78, 5) is 13.5. The van der Waals surface area contributed by atoms with Crippen LogP contribution < -0.4 is 5.32 Å². The van der Waals surface area contributed by atoms with Gasteiger partial charge in [0.1, 0.15) is 10.7 Å². The van der Waals surface area contributed by atoms with E-state index >= 15 is 0 Å². The van der Waals surface area contributed by atoms with Crippen LogP contribution in [-0.4, -0.2) is 10.5 Å². The molecule has 0 radical (unpaired) electrons. The van der Waals surface area contributed by atoms with E-state index in [1.54, 1.807) is 19.1 Å². The fraction of sp³-hybridized carbons (Fsp3) is 0.0455. The Balaban J connectivity index is 1.75. The van der Waals surface area contributed by atoms with E-state index in [9.17, 15) is 9.18 Å². The second-order valence-corrected chi connectivity index (χ2v) is 7.08. The van der Waals surface area contributed by atoms with Gasteiger partial charge in [-0.05, 0) is 42.3 Å². The zero-order valence-electron chi connectivity index (χ0n) is 14.6. The van der Waals surface area contributed by atoms with Gasteiger partial charge in [-0.25, -0.2) is 4.39 Å². The molecule has 2 heterocycles. The number of hydrogen-bond donors (Lipinski definition) is 1. The van der Waals surface area contributed by atoms with Gasteiger partial charge in [0.25, 0.3) is 5.91 Å². The summed E-state index contributed by atoms with van der Waals surface area (Å²) in [5.41, 5.74) is 3.83. The van der Waals surface area contributed by atoms with E-state index in [1.165, 1.54) is 17.4 Å². The summed E-state index contributed by atoms with van der Waals surface area (Å²) in [5.74, 6) is -0.594. The minimum Gasteiger partial charge on any atom is -0.322 e. The fourth-order valence-electron chi connectivity index (χ4n) is 2.93. The highest BCUT2D eigenvalue weighted by Gasteiger charge is 2.20. The van der Waals surface area contributed by atoms with Gasteiger partial charge < -0.3 is 9.88 Å². The standard InChI is InChI=1S/C22H17FN2OS/c1-15-9-10-17(13-19(15)23)24-22(26)21-20(25-11-5-6-12-25)18(14-27-21)16-7-3-2-4-8-16/h2-14H,1H3,(H,24,26). The molecule has 1 amide bonds. The number of nitrogens with one attached hydrogen (secondary N) is 1. The van der Waals surface area contributed by atoms with Gasteiger partial charge >= 0.3 is 0 Å². The van der Waals surface area contributed by atoms with Gasteiger partial charge in [0.2, 0.25) is 0 Å². The molecule has 0 aliphatic heterocycles. The minimum absolute atomic E-state index is 0.255. The molecule has 27 heavy (non-hydrogen) atoms. The summed E-state index contributed by atoms with van der Waals surface area (Å²) in [6, 6.07) is 18.5. The van der Waals surface area contributed by atoms with Crippen molar-refractivity contribution < 1.29 is 9.18 Å². The first-order chi connectivity index (χ1) is 13.1. The Morgan fingerprint density at radius 3 is 2.48 bits per heavy atom. The van der Waals surface area contributed by atoms with Crippen molar-refractivity contribution in [2.45, 2.75) is 6.92 Å². The third-order valence-electron chi connectivity index (χ3n) is 4.35. The van der Waals surface area contributed by atoms with Crippen LogP contribution in [0.5, 0.6) is 0 Å². The van der Waals surface area contributed by atoms with Crippen LogP contribution in [0.3, 0.4) is 0 Å². The topological polar surface area (TPSA) is 34.0 Å². The molecule has 0 atom stereocenters. The first-order valence-corrected chi connectivity index (χ1v) is 9.39. The second-order valence-electron chi connectivity index (χ2n) is 6.20. The monoisotopic (exact) mass is 376 g/mol. The molecule has 0 spiro atoms. The maximum absolute atomic E-state index is 13.8. The number of amides is 1. The molecule has 1 N–H and O–H groups in total. The normalized spacial score (nSPS) is 10.7. The lowest BCUT2D eigenvalue weighted by atomic mass is 10.1. The van der Waals surface area contributed by atoms with Crippen LogP contribution in [0.1, 0.15) is 15.2 Å². The van der Waals surface area contributed by atoms with Crippen LogP contribution in [0, 0.1) is 12.7 Å². The van der Waals surface area contributed by atoms with Crippen molar-refractivity contribution in [2.75, 3.05) is 5.32 Å². The van der Waals surface area contributed by atoms with Gasteiger partial charge in [-0.15, -0.1) is 11.3 Å². The van der Waals surface area contributed by atoms with Crippen LogP contribution in [0.25, 0.3) is 16.8 Å². The first kappa shape index (κ1) is 17.2. The van der Waals surface area contributed by atoms with E-state index in [0.717, 1.165) is 16.8 Å². The van der Waals surface area contributed by atoms with Gasteiger partial charge in [-0.1, -0.05) is 36.4 Å². The molecule has 0 unspecified atom stereocenters. The van der Waals surface area contributed by atoms with Crippen molar-refractivity contribution in [3.05, 3.63) is 94.7 Å². The highest BCUT2D eigenvalue weighted by Crippen LogP contribution is 2.35. The molecule has 0 fully saturated rings. The summed E-state index contributed by atoms with van der Waals surface area (Å²) >= 11 is 1.38. The molecule has 0 bridgehead atoms. The first-order valence-electron chi connectivity index (χ1n) is 8.51. The number of hydrogen-bond acceptors (Lipinski definition) is 2. The molecule has 4 rings (SSSR count). The number of carbonyl (C=O) groups excluding carboxylic acids is 1. The average Bonchev–Trinajstić information content (AvgIpc) is 3.34. The van der Waals surface area contributed by atoms with Crippen molar-refractivity contribution in [3.63, 3.8) is 0 Å².